The van der Waals surface area contributed by atoms with Crippen molar-refractivity contribution < 1.29 is 9.53 Å². The van der Waals surface area contributed by atoms with Crippen LogP contribution in [0.25, 0.3) is 0 Å². The Morgan fingerprint density at radius 3 is 3.00 bits per heavy atom. The predicted molar refractivity (Wildman–Crippen MR) is 52.7 cm³/mol. The molecule has 4 nitrogen and oxygen atoms in total. The minimum Gasteiger partial charge on any atom is -0.465 e. The fourth-order valence-corrected chi connectivity index (χ4v) is 1.19. The van der Waals surface area contributed by atoms with E-state index in [0.717, 1.165) is 5.56 Å². The number of hydrogen-bond donors (Lipinski definition) is 1. The quantitative estimate of drug-likeness (QED) is 0.724. The van der Waals surface area contributed by atoms with Gasteiger partial charge in [0.05, 0.1) is 6.61 Å². The summed E-state index contributed by atoms with van der Waals surface area (Å²) in [7, 11) is 1.72. The lowest BCUT2D eigenvalue weighted by Gasteiger charge is -2.13. The number of hydrogen-bond acceptors (Lipinski definition) is 4. The maximum atomic E-state index is 11.5. The Balaban J connectivity index is 2.77. The van der Waals surface area contributed by atoms with Crippen LogP contribution in [-0.4, -0.2) is 24.6 Å². The van der Waals surface area contributed by atoms with Gasteiger partial charge in [0.1, 0.15) is 6.04 Å². The highest BCUT2D eigenvalue weighted by Crippen LogP contribution is 2.12. The summed E-state index contributed by atoms with van der Waals surface area (Å²) in [5.74, 6) is -0.275. The first-order valence-corrected chi connectivity index (χ1v) is 4.53. The predicted octanol–water partition coefficient (Wildman–Crippen LogP) is 0.905. The molecule has 1 rings (SSSR count). The molecule has 1 aromatic rings. The number of ether oxygens (including phenoxy) is 1. The Morgan fingerprint density at radius 2 is 2.50 bits per heavy atom. The largest absolute Gasteiger partial charge is 0.465 e. The van der Waals surface area contributed by atoms with Crippen molar-refractivity contribution in [3.05, 3.63) is 30.1 Å². The van der Waals surface area contributed by atoms with Gasteiger partial charge >= 0.3 is 5.97 Å². The molecule has 0 spiro atoms. The molecule has 1 unspecified atom stereocenters. The summed E-state index contributed by atoms with van der Waals surface area (Å²) >= 11 is 0. The van der Waals surface area contributed by atoms with Gasteiger partial charge in [-0.3, -0.25) is 4.98 Å². The number of carbonyl (C=O) groups is 1. The lowest BCUT2D eigenvalue weighted by molar-refractivity contribution is -0.145. The Hall–Kier alpha value is -1.42. The number of rotatable bonds is 4. The van der Waals surface area contributed by atoms with Crippen LogP contribution in [0.15, 0.2) is 24.5 Å². The summed E-state index contributed by atoms with van der Waals surface area (Å²) in [5, 5.41) is 2.89. The van der Waals surface area contributed by atoms with Gasteiger partial charge in [-0.15, -0.1) is 0 Å². The molecule has 0 radical (unpaired) electrons. The molecule has 1 heterocycles. The highest BCUT2D eigenvalue weighted by atomic mass is 16.5. The molecule has 0 aliphatic carbocycles. The van der Waals surface area contributed by atoms with Gasteiger partial charge in [0.25, 0.3) is 0 Å². The summed E-state index contributed by atoms with van der Waals surface area (Å²) in [6.45, 7) is 2.17. The van der Waals surface area contributed by atoms with Crippen molar-refractivity contribution in [2.75, 3.05) is 13.7 Å². The minimum absolute atomic E-state index is 0.275. The summed E-state index contributed by atoms with van der Waals surface area (Å²) in [6, 6.07) is 3.20. The molecule has 0 aliphatic heterocycles. The van der Waals surface area contributed by atoms with E-state index in [9.17, 15) is 4.79 Å². The molecule has 0 saturated heterocycles. The highest BCUT2D eigenvalue weighted by Gasteiger charge is 2.19. The fraction of sp³-hybridized carbons (Fsp3) is 0.400. The van der Waals surface area contributed by atoms with Crippen LogP contribution in [0.3, 0.4) is 0 Å². The first kappa shape index (κ1) is 10.7. The number of esters is 1. The van der Waals surface area contributed by atoms with E-state index >= 15 is 0 Å². The summed E-state index contributed by atoms with van der Waals surface area (Å²) in [4.78, 5) is 15.4. The first-order chi connectivity index (χ1) is 6.79. The summed E-state index contributed by atoms with van der Waals surface area (Å²) in [5.41, 5.74) is 0.813. The number of likely N-dealkylation sites (N-methyl/N-ethyl adjacent to an activating group) is 1. The van der Waals surface area contributed by atoms with Crippen molar-refractivity contribution in [2.45, 2.75) is 13.0 Å². The van der Waals surface area contributed by atoms with Crippen molar-refractivity contribution >= 4 is 5.97 Å². The van der Waals surface area contributed by atoms with Gasteiger partial charge in [-0.05, 0) is 25.6 Å². The molecule has 0 aliphatic rings. The molecule has 0 aromatic carbocycles. The average molecular weight is 194 g/mol. The Labute approximate surface area is 83.3 Å². The standard InChI is InChI=1S/C10H14N2O2/c1-3-14-10(13)9(11-2)8-5-4-6-12-7-8/h4-7,9,11H,3H2,1-2H3. The van der Waals surface area contributed by atoms with Crippen LogP contribution >= 0.6 is 0 Å². The SMILES string of the molecule is CCOC(=O)C(NC)c1cccnc1. The zero-order valence-electron chi connectivity index (χ0n) is 8.36. The molecule has 1 N–H and O–H groups in total. The third-order valence-electron chi connectivity index (χ3n) is 1.83. The van der Waals surface area contributed by atoms with E-state index in [1.165, 1.54) is 0 Å². The van der Waals surface area contributed by atoms with Crippen LogP contribution in [0, 0.1) is 0 Å². The van der Waals surface area contributed by atoms with Gasteiger partial charge in [0.15, 0.2) is 0 Å². The van der Waals surface area contributed by atoms with Crippen molar-refractivity contribution in [3.63, 3.8) is 0 Å². The number of aromatic nitrogens is 1. The van der Waals surface area contributed by atoms with Crippen LogP contribution < -0.4 is 5.32 Å². The second-order valence-corrected chi connectivity index (χ2v) is 2.76. The van der Waals surface area contributed by atoms with Gasteiger partial charge in [-0.1, -0.05) is 6.07 Å². The number of pyridine rings is 1. The van der Waals surface area contributed by atoms with Crippen molar-refractivity contribution in [3.8, 4) is 0 Å². The molecule has 0 bridgehead atoms. The second kappa shape index (κ2) is 5.34. The van der Waals surface area contributed by atoms with Crippen LogP contribution in [0.2, 0.25) is 0 Å². The van der Waals surface area contributed by atoms with E-state index in [1.807, 2.05) is 6.07 Å². The molecular weight excluding hydrogens is 180 g/mol. The number of nitrogens with zero attached hydrogens (tertiary/aromatic N) is 1. The number of nitrogens with one attached hydrogen (secondary N) is 1. The van der Waals surface area contributed by atoms with Crippen LogP contribution in [0.5, 0.6) is 0 Å². The number of carbonyl (C=O) groups excluding carboxylic acids is 1. The molecule has 0 fully saturated rings. The van der Waals surface area contributed by atoms with E-state index in [0.29, 0.717) is 6.61 Å². The molecule has 1 aromatic heterocycles. The van der Waals surface area contributed by atoms with Gasteiger partial charge in [0, 0.05) is 12.4 Å². The summed E-state index contributed by atoms with van der Waals surface area (Å²) < 4.78 is 4.92. The maximum absolute atomic E-state index is 11.5. The zero-order valence-corrected chi connectivity index (χ0v) is 8.36. The minimum atomic E-state index is -0.427. The van der Waals surface area contributed by atoms with E-state index in [2.05, 4.69) is 10.3 Å². The second-order valence-electron chi connectivity index (χ2n) is 2.76. The van der Waals surface area contributed by atoms with Crippen molar-refractivity contribution in [1.29, 1.82) is 0 Å². The molecular formula is C10H14N2O2. The molecule has 76 valence electrons. The van der Waals surface area contributed by atoms with Crippen LogP contribution in [0.4, 0.5) is 0 Å². The van der Waals surface area contributed by atoms with Crippen LogP contribution in [-0.2, 0) is 9.53 Å². The van der Waals surface area contributed by atoms with E-state index in [-0.39, 0.29) is 5.97 Å². The van der Waals surface area contributed by atoms with E-state index < -0.39 is 6.04 Å². The first-order valence-electron chi connectivity index (χ1n) is 4.53. The molecule has 0 amide bonds. The third kappa shape index (κ3) is 2.53. The Bertz CT molecular complexity index is 287. The highest BCUT2D eigenvalue weighted by molar-refractivity contribution is 5.77. The molecule has 0 saturated carbocycles. The lowest BCUT2D eigenvalue weighted by atomic mass is 10.1. The van der Waals surface area contributed by atoms with E-state index in [4.69, 9.17) is 4.74 Å². The molecule has 4 heteroatoms. The van der Waals surface area contributed by atoms with Gasteiger partial charge in [0.2, 0.25) is 0 Å². The third-order valence-corrected chi connectivity index (χ3v) is 1.83. The van der Waals surface area contributed by atoms with Gasteiger partial charge < -0.3 is 10.1 Å². The van der Waals surface area contributed by atoms with Gasteiger partial charge in [-0.25, -0.2) is 4.79 Å². The van der Waals surface area contributed by atoms with Crippen molar-refractivity contribution in [2.24, 2.45) is 0 Å². The topological polar surface area (TPSA) is 51.2 Å². The fourth-order valence-electron chi connectivity index (χ4n) is 1.19. The molecule has 1 atom stereocenters. The average Bonchev–Trinajstić information content (AvgIpc) is 2.21. The zero-order chi connectivity index (χ0) is 10.4. The summed E-state index contributed by atoms with van der Waals surface area (Å²) in [6.07, 6.45) is 3.32. The Morgan fingerprint density at radius 1 is 1.71 bits per heavy atom. The molecule has 14 heavy (non-hydrogen) atoms. The van der Waals surface area contributed by atoms with E-state index in [1.54, 1.807) is 32.4 Å². The smallest absolute Gasteiger partial charge is 0.327 e. The monoisotopic (exact) mass is 194 g/mol. The van der Waals surface area contributed by atoms with Crippen molar-refractivity contribution in [1.82, 2.24) is 10.3 Å². The normalized spacial score (nSPS) is 12.1. The van der Waals surface area contributed by atoms with Gasteiger partial charge in [-0.2, -0.15) is 0 Å². The lowest BCUT2D eigenvalue weighted by Crippen LogP contribution is -2.27. The maximum Gasteiger partial charge on any atom is 0.327 e. The Kier molecular flexibility index (Phi) is 4.07. The van der Waals surface area contributed by atoms with Crippen LogP contribution in [0.1, 0.15) is 18.5 Å².